The van der Waals surface area contributed by atoms with Crippen molar-refractivity contribution in [2.24, 2.45) is 5.10 Å². The first kappa shape index (κ1) is 24.4. The van der Waals surface area contributed by atoms with E-state index in [4.69, 9.17) is 9.47 Å². The second-order valence-electron chi connectivity index (χ2n) is 8.32. The minimum Gasteiger partial charge on any atom is -0.457 e. The number of hydrogen-bond acceptors (Lipinski definition) is 8. The summed E-state index contributed by atoms with van der Waals surface area (Å²) in [5.41, 5.74) is 0.475. The quantitative estimate of drug-likeness (QED) is 0.579. The molecule has 2 amide bonds. The summed E-state index contributed by atoms with van der Waals surface area (Å²) < 4.78 is 34.5. The minimum atomic E-state index is -3.22. The number of hydrazone groups is 1. The van der Waals surface area contributed by atoms with Gasteiger partial charge in [-0.25, -0.2) is 18.2 Å². The molecule has 2 aromatic rings. The maximum absolute atomic E-state index is 12.6. The molecular weight excluding hydrogens is 474 g/mol. The standard InChI is InChI=1S/C24H25N3O7S/c1-16(23(29)25-17-7-9-20(10-8-17)34-19-5-3-2-4-6-19)33-24(30)21-11-12-22(28)27(26-21)18-13-14-35(31,32)15-18/h2-10,16,18H,11-15H2,1H3,(H,25,29). The van der Waals surface area contributed by atoms with Gasteiger partial charge in [-0.2, -0.15) is 5.10 Å². The molecule has 1 fully saturated rings. The van der Waals surface area contributed by atoms with Gasteiger partial charge in [-0.1, -0.05) is 18.2 Å². The first-order valence-electron chi connectivity index (χ1n) is 11.1. The van der Waals surface area contributed by atoms with Crippen molar-refractivity contribution in [2.45, 2.75) is 38.3 Å². The molecule has 0 spiro atoms. The van der Waals surface area contributed by atoms with Crippen LogP contribution in [0.1, 0.15) is 26.2 Å². The van der Waals surface area contributed by atoms with Gasteiger partial charge in [0.05, 0.1) is 17.5 Å². The van der Waals surface area contributed by atoms with Crippen molar-refractivity contribution in [3.63, 3.8) is 0 Å². The summed E-state index contributed by atoms with van der Waals surface area (Å²) in [5, 5.41) is 7.81. The fourth-order valence-corrected chi connectivity index (χ4v) is 5.42. The fourth-order valence-electron chi connectivity index (χ4n) is 3.73. The molecule has 0 bridgehead atoms. The summed E-state index contributed by atoms with van der Waals surface area (Å²) in [7, 11) is -3.22. The van der Waals surface area contributed by atoms with Crippen molar-refractivity contribution >= 4 is 39.0 Å². The monoisotopic (exact) mass is 499 g/mol. The van der Waals surface area contributed by atoms with E-state index in [1.54, 1.807) is 24.3 Å². The third kappa shape index (κ3) is 6.24. The van der Waals surface area contributed by atoms with E-state index in [-0.39, 0.29) is 42.4 Å². The van der Waals surface area contributed by atoms with Crippen molar-refractivity contribution < 1.29 is 32.3 Å². The molecule has 11 heteroatoms. The zero-order valence-corrected chi connectivity index (χ0v) is 19.9. The van der Waals surface area contributed by atoms with Gasteiger partial charge < -0.3 is 14.8 Å². The molecule has 2 atom stereocenters. The summed E-state index contributed by atoms with van der Waals surface area (Å²) in [4.78, 5) is 37.3. The van der Waals surface area contributed by atoms with Crippen molar-refractivity contribution in [3.8, 4) is 11.5 Å². The number of ether oxygens (including phenoxy) is 2. The first-order valence-corrected chi connectivity index (χ1v) is 13.0. The second kappa shape index (κ2) is 10.3. The minimum absolute atomic E-state index is 0.0163. The molecule has 2 unspecified atom stereocenters. The van der Waals surface area contributed by atoms with E-state index in [9.17, 15) is 22.8 Å². The predicted molar refractivity (Wildman–Crippen MR) is 128 cm³/mol. The third-order valence-corrected chi connectivity index (χ3v) is 7.35. The average molecular weight is 500 g/mol. The molecule has 1 saturated heterocycles. The van der Waals surface area contributed by atoms with E-state index < -0.39 is 33.9 Å². The highest BCUT2D eigenvalue weighted by molar-refractivity contribution is 7.91. The summed E-state index contributed by atoms with van der Waals surface area (Å²) >= 11 is 0. The molecule has 0 aromatic heterocycles. The third-order valence-electron chi connectivity index (χ3n) is 5.60. The average Bonchev–Trinajstić information content (AvgIpc) is 3.20. The number of nitrogens with zero attached hydrogens (tertiary/aromatic N) is 2. The number of carbonyl (C=O) groups excluding carboxylic acids is 3. The lowest BCUT2D eigenvalue weighted by Crippen LogP contribution is -2.42. The summed E-state index contributed by atoms with van der Waals surface area (Å²) in [6.45, 7) is 1.43. The highest BCUT2D eigenvalue weighted by Crippen LogP contribution is 2.24. The fraction of sp³-hybridized carbons (Fsp3) is 0.333. The Hall–Kier alpha value is -3.73. The molecule has 2 aliphatic rings. The van der Waals surface area contributed by atoms with Crippen LogP contribution >= 0.6 is 0 Å². The van der Waals surface area contributed by atoms with Crippen LogP contribution in [0.25, 0.3) is 0 Å². The maximum atomic E-state index is 12.6. The summed E-state index contributed by atoms with van der Waals surface area (Å²) in [5.74, 6) is -0.622. The molecule has 0 radical (unpaired) electrons. The van der Waals surface area contributed by atoms with Crippen LogP contribution in [-0.4, -0.2) is 60.6 Å². The van der Waals surface area contributed by atoms with Gasteiger partial charge in [-0.3, -0.25) is 9.59 Å². The Bertz CT molecular complexity index is 1240. The Kier molecular flexibility index (Phi) is 7.15. The van der Waals surface area contributed by atoms with Crippen LogP contribution in [0.5, 0.6) is 11.5 Å². The van der Waals surface area contributed by atoms with Gasteiger partial charge >= 0.3 is 5.97 Å². The summed E-state index contributed by atoms with van der Waals surface area (Å²) in [6, 6.07) is 15.4. The number of para-hydroxylation sites is 1. The van der Waals surface area contributed by atoms with E-state index in [2.05, 4.69) is 10.4 Å². The SMILES string of the molecule is CC(OC(=O)C1=NN(C2CCS(=O)(=O)C2)C(=O)CC1)C(=O)Nc1ccc(Oc2ccccc2)cc1. The van der Waals surface area contributed by atoms with Gasteiger partial charge in [0, 0.05) is 18.5 Å². The molecular formula is C24H25N3O7S. The highest BCUT2D eigenvalue weighted by atomic mass is 32.2. The zero-order chi connectivity index (χ0) is 25.0. The van der Waals surface area contributed by atoms with E-state index in [0.29, 0.717) is 17.2 Å². The number of hydrogen-bond donors (Lipinski definition) is 1. The predicted octanol–water partition coefficient (Wildman–Crippen LogP) is 2.51. The van der Waals surface area contributed by atoms with E-state index in [1.807, 2.05) is 30.3 Å². The molecule has 2 heterocycles. The van der Waals surface area contributed by atoms with Gasteiger partial charge in [0.2, 0.25) is 5.91 Å². The summed E-state index contributed by atoms with van der Waals surface area (Å²) in [6.07, 6.45) is -0.773. The van der Waals surface area contributed by atoms with Crippen LogP contribution in [0.2, 0.25) is 0 Å². The van der Waals surface area contributed by atoms with E-state index >= 15 is 0 Å². The Labute approximate surface area is 202 Å². The van der Waals surface area contributed by atoms with Crippen LogP contribution in [0.4, 0.5) is 5.69 Å². The normalized spacial score (nSPS) is 20.0. The Morgan fingerprint density at radius 2 is 1.74 bits per heavy atom. The number of esters is 1. The molecule has 1 N–H and O–H groups in total. The van der Waals surface area contributed by atoms with Crippen molar-refractivity contribution in [1.82, 2.24) is 5.01 Å². The number of nitrogens with one attached hydrogen (secondary N) is 1. The van der Waals surface area contributed by atoms with Crippen LogP contribution in [0.3, 0.4) is 0 Å². The van der Waals surface area contributed by atoms with Crippen LogP contribution in [-0.2, 0) is 29.0 Å². The van der Waals surface area contributed by atoms with Gasteiger partial charge in [0.1, 0.15) is 17.2 Å². The molecule has 2 aromatic carbocycles. The lowest BCUT2D eigenvalue weighted by molar-refractivity contribution is -0.147. The number of carbonyl (C=O) groups is 3. The molecule has 184 valence electrons. The highest BCUT2D eigenvalue weighted by Gasteiger charge is 2.37. The smallest absolute Gasteiger partial charge is 0.355 e. The molecule has 35 heavy (non-hydrogen) atoms. The van der Waals surface area contributed by atoms with Crippen LogP contribution in [0, 0.1) is 0 Å². The molecule has 0 aliphatic carbocycles. The topological polar surface area (TPSA) is 131 Å². The van der Waals surface area contributed by atoms with Gasteiger partial charge in [0.15, 0.2) is 15.9 Å². The first-order chi connectivity index (χ1) is 16.7. The zero-order valence-electron chi connectivity index (χ0n) is 19.0. The van der Waals surface area contributed by atoms with Crippen LogP contribution in [0.15, 0.2) is 59.7 Å². The number of amides is 2. The largest absolute Gasteiger partial charge is 0.457 e. The lowest BCUT2D eigenvalue weighted by atomic mass is 10.1. The Balaban J connectivity index is 1.32. The van der Waals surface area contributed by atoms with Crippen molar-refractivity contribution in [3.05, 3.63) is 54.6 Å². The van der Waals surface area contributed by atoms with Gasteiger partial charge in [-0.15, -0.1) is 0 Å². The lowest BCUT2D eigenvalue weighted by Gasteiger charge is -2.27. The molecule has 4 rings (SSSR count). The van der Waals surface area contributed by atoms with Gasteiger partial charge in [0.25, 0.3) is 5.91 Å². The molecule has 10 nitrogen and oxygen atoms in total. The van der Waals surface area contributed by atoms with Crippen molar-refractivity contribution in [1.29, 1.82) is 0 Å². The Morgan fingerprint density at radius 3 is 2.40 bits per heavy atom. The van der Waals surface area contributed by atoms with Gasteiger partial charge in [-0.05, 0) is 49.7 Å². The van der Waals surface area contributed by atoms with E-state index in [0.717, 1.165) is 5.01 Å². The second-order valence-corrected chi connectivity index (χ2v) is 10.5. The maximum Gasteiger partial charge on any atom is 0.355 e. The Morgan fingerprint density at radius 1 is 1.06 bits per heavy atom. The number of rotatable bonds is 7. The van der Waals surface area contributed by atoms with Crippen molar-refractivity contribution in [2.75, 3.05) is 16.8 Å². The molecule has 2 aliphatic heterocycles. The van der Waals surface area contributed by atoms with E-state index in [1.165, 1.54) is 6.92 Å². The number of anilines is 1. The number of benzene rings is 2. The molecule has 0 saturated carbocycles. The number of sulfone groups is 1. The van der Waals surface area contributed by atoms with Crippen LogP contribution < -0.4 is 10.1 Å².